The zero-order valence-electron chi connectivity index (χ0n) is 11.7. The molecule has 1 aliphatic heterocycles. The van der Waals surface area contributed by atoms with Crippen molar-refractivity contribution in [3.63, 3.8) is 0 Å². The molecule has 1 saturated heterocycles. The number of nitrogens with zero attached hydrogens (tertiary/aromatic N) is 3. The Hall–Kier alpha value is -1.20. The lowest BCUT2D eigenvalue weighted by Gasteiger charge is -2.40. The zero-order valence-corrected chi connectivity index (χ0v) is 13.3. The first kappa shape index (κ1) is 13.8. The van der Waals surface area contributed by atoms with Crippen molar-refractivity contribution in [2.45, 2.75) is 32.4 Å². The molecule has 3 rings (SSSR count). The van der Waals surface area contributed by atoms with Crippen molar-refractivity contribution in [1.29, 1.82) is 0 Å². The van der Waals surface area contributed by atoms with E-state index < -0.39 is 0 Å². The fraction of sp³-hybridized carbons (Fsp3) is 0.467. The summed E-state index contributed by atoms with van der Waals surface area (Å²) in [4.78, 5) is 11.4. The van der Waals surface area contributed by atoms with Gasteiger partial charge in [-0.15, -0.1) is 0 Å². The molecule has 0 spiro atoms. The summed E-state index contributed by atoms with van der Waals surface area (Å²) in [5.41, 5.74) is 3.04. The minimum Gasteiger partial charge on any atom is -0.375 e. The van der Waals surface area contributed by atoms with Gasteiger partial charge in [-0.1, -0.05) is 6.92 Å². The van der Waals surface area contributed by atoms with Crippen LogP contribution in [-0.2, 0) is 4.74 Å². The first-order valence-corrected chi connectivity index (χ1v) is 7.77. The summed E-state index contributed by atoms with van der Waals surface area (Å²) in [5, 5.41) is 0. The minimum absolute atomic E-state index is 0.247. The van der Waals surface area contributed by atoms with Gasteiger partial charge in [0.1, 0.15) is 5.52 Å². The second-order valence-corrected chi connectivity index (χ2v) is 6.13. The van der Waals surface area contributed by atoms with Gasteiger partial charge in [0, 0.05) is 23.4 Å². The smallest absolute Gasteiger partial charge is 0.112 e. The summed E-state index contributed by atoms with van der Waals surface area (Å²) >= 11 is 3.45. The predicted molar refractivity (Wildman–Crippen MR) is 84.1 cm³/mol. The van der Waals surface area contributed by atoms with Gasteiger partial charge >= 0.3 is 0 Å². The minimum atomic E-state index is 0.247. The van der Waals surface area contributed by atoms with Crippen LogP contribution in [0.5, 0.6) is 0 Å². The standard InChI is InChI=1S/C15H18BrN3O/c1-3-12-9-20-10(2)8-19(12)14-4-5-17-13-6-11(16)7-18-15(13)14/h4-7,10,12H,3,8-9H2,1-2H3. The first-order valence-electron chi connectivity index (χ1n) is 6.97. The number of fused-ring (bicyclic) bond motifs is 1. The molecule has 1 fully saturated rings. The van der Waals surface area contributed by atoms with Gasteiger partial charge in [-0.05, 0) is 41.4 Å². The Balaban J connectivity index is 2.08. The van der Waals surface area contributed by atoms with Gasteiger partial charge in [-0.2, -0.15) is 0 Å². The number of halogens is 1. The molecule has 0 aromatic carbocycles. The monoisotopic (exact) mass is 335 g/mol. The molecule has 5 heteroatoms. The van der Waals surface area contributed by atoms with Gasteiger partial charge in [-0.25, -0.2) is 0 Å². The number of ether oxygens (including phenoxy) is 1. The molecule has 106 valence electrons. The summed E-state index contributed by atoms with van der Waals surface area (Å²) in [6.07, 6.45) is 5.00. The van der Waals surface area contributed by atoms with E-state index in [9.17, 15) is 0 Å². The van der Waals surface area contributed by atoms with E-state index in [0.29, 0.717) is 6.04 Å². The molecule has 4 nitrogen and oxygen atoms in total. The molecule has 0 amide bonds. The molecule has 0 aliphatic carbocycles. The highest BCUT2D eigenvalue weighted by molar-refractivity contribution is 9.10. The molecule has 0 radical (unpaired) electrons. The maximum Gasteiger partial charge on any atom is 0.112 e. The van der Waals surface area contributed by atoms with Crippen molar-refractivity contribution in [3.8, 4) is 0 Å². The van der Waals surface area contributed by atoms with Gasteiger partial charge in [0.2, 0.25) is 0 Å². The molecular formula is C15H18BrN3O. The lowest BCUT2D eigenvalue weighted by atomic mass is 10.1. The number of hydrogen-bond donors (Lipinski definition) is 0. The zero-order chi connectivity index (χ0) is 14.1. The van der Waals surface area contributed by atoms with Gasteiger partial charge < -0.3 is 9.64 Å². The van der Waals surface area contributed by atoms with Crippen LogP contribution in [0.15, 0.2) is 29.0 Å². The number of anilines is 1. The van der Waals surface area contributed by atoms with Gasteiger partial charge in [0.15, 0.2) is 0 Å². The molecule has 20 heavy (non-hydrogen) atoms. The molecule has 2 unspecified atom stereocenters. The van der Waals surface area contributed by atoms with Gasteiger partial charge in [0.25, 0.3) is 0 Å². The highest BCUT2D eigenvalue weighted by Crippen LogP contribution is 2.29. The van der Waals surface area contributed by atoms with Crippen molar-refractivity contribution in [1.82, 2.24) is 9.97 Å². The highest BCUT2D eigenvalue weighted by atomic mass is 79.9. The number of rotatable bonds is 2. The molecule has 2 atom stereocenters. The Morgan fingerprint density at radius 1 is 1.45 bits per heavy atom. The average molecular weight is 336 g/mol. The molecule has 0 N–H and O–H groups in total. The summed E-state index contributed by atoms with van der Waals surface area (Å²) in [6.45, 7) is 5.99. The molecule has 2 aromatic heterocycles. The topological polar surface area (TPSA) is 38.2 Å². The van der Waals surface area contributed by atoms with E-state index in [0.717, 1.165) is 40.8 Å². The number of aromatic nitrogens is 2. The van der Waals surface area contributed by atoms with E-state index in [1.165, 1.54) is 0 Å². The number of hydrogen-bond acceptors (Lipinski definition) is 4. The second kappa shape index (κ2) is 5.66. The maximum atomic E-state index is 5.78. The van der Waals surface area contributed by atoms with Crippen molar-refractivity contribution >= 4 is 32.7 Å². The van der Waals surface area contributed by atoms with Crippen LogP contribution in [0.1, 0.15) is 20.3 Å². The molecule has 1 aliphatic rings. The lowest BCUT2D eigenvalue weighted by molar-refractivity contribution is 0.0300. The van der Waals surface area contributed by atoms with Crippen molar-refractivity contribution in [3.05, 3.63) is 29.0 Å². The van der Waals surface area contributed by atoms with Crippen molar-refractivity contribution < 1.29 is 4.74 Å². The number of pyridine rings is 2. The summed E-state index contributed by atoms with van der Waals surface area (Å²) in [7, 11) is 0. The molecule has 0 saturated carbocycles. The SMILES string of the molecule is CCC1COC(C)CN1c1ccnc2cc(Br)cnc12. The van der Waals surface area contributed by atoms with Crippen LogP contribution in [0.3, 0.4) is 0 Å². The first-order chi connectivity index (χ1) is 9.69. The quantitative estimate of drug-likeness (QED) is 0.843. The second-order valence-electron chi connectivity index (χ2n) is 5.21. The Labute approximate surface area is 127 Å². The molecule has 3 heterocycles. The van der Waals surface area contributed by atoms with Crippen LogP contribution in [0.25, 0.3) is 11.0 Å². The Kier molecular flexibility index (Phi) is 3.89. The van der Waals surface area contributed by atoms with Crippen LogP contribution in [0.4, 0.5) is 5.69 Å². The van der Waals surface area contributed by atoms with Gasteiger partial charge in [0.05, 0.1) is 30.0 Å². The van der Waals surface area contributed by atoms with Gasteiger partial charge in [-0.3, -0.25) is 9.97 Å². The van der Waals surface area contributed by atoms with Crippen LogP contribution in [0.2, 0.25) is 0 Å². The third kappa shape index (κ3) is 2.52. The normalized spacial score (nSPS) is 23.2. The van der Waals surface area contributed by atoms with E-state index in [1.54, 1.807) is 0 Å². The number of morpholine rings is 1. The third-order valence-corrected chi connectivity index (χ3v) is 4.20. The summed E-state index contributed by atoms with van der Waals surface area (Å²) in [5.74, 6) is 0. The lowest BCUT2D eigenvalue weighted by Crippen LogP contribution is -2.48. The van der Waals surface area contributed by atoms with Crippen LogP contribution in [-0.4, -0.2) is 35.3 Å². The van der Waals surface area contributed by atoms with Crippen molar-refractivity contribution in [2.24, 2.45) is 0 Å². The predicted octanol–water partition coefficient (Wildman–Crippen LogP) is 3.40. The third-order valence-electron chi connectivity index (χ3n) is 3.77. The van der Waals surface area contributed by atoms with Crippen molar-refractivity contribution in [2.75, 3.05) is 18.1 Å². The Bertz CT molecular complexity index is 619. The summed E-state index contributed by atoms with van der Waals surface area (Å²) in [6, 6.07) is 4.47. The van der Waals surface area contributed by atoms with E-state index in [2.05, 4.69) is 50.7 Å². The largest absolute Gasteiger partial charge is 0.375 e. The van der Waals surface area contributed by atoms with E-state index in [1.807, 2.05) is 18.5 Å². The molecule has 0 bridgehead atoms. The van der Waals surface area contributed by atoms with E-state index in [4.69, 9.17) is 4.74 Å². The highest BCUT2D eigenvalue weighted by Gasteiger charge is 2.27. The van der Waals surface area contributed by atoms with E-state index >= 15 is 0 Å². The molecule has 2 aromatic rings. The summed E-state index contributed by atoms with van der Waals surface area (Å²) < 4.78 is 6.73. The molecular weight excluding hydrogens is 318 g/mol. The average Bonchev–Trinajstić information content (AvgIpc) is 2.46. The Morgan fingerprint density at radius 3 is 3.10 bits per heavy atom. The van der Waals surface area contributed by atoms with Crippen LogP contribution >= 0.6 is 15.9 Å². The fourth-order valence-electron chi connectivity index (χ4n) is 2.70. The maximum absolute atomic E-state index is 5.78. The fourth-order valence-corrected chi connectivity index (χ4v) is 3.02. The Morgan fingerprint density at radius 2 is 2.30 bits per heavy atom. The van der Waals surface area contributed by atoms with Crippen LogP contribution < -0.4 is 4.90 Å². The van der Waals surface area contributed by atoms with E-state index in [-0.39, 0.29) is 6.10 Å². The van der Waals surface area contributed by atoms with Crippen LogP contribution in [0, 0.1) is 0 Å².